The first-order valence-electron chi connectivity index (χ1n) is 11.9. The zero-order valence-electron chi connectivity index (χ0n) is 20.0. The van der Waals surface area contributed by atoms with E-state index >= 15 is 8.78 Å². The molecule has 11 heteroatoms. The van der Waals surface area contributed by atoms with Crippen molar-refractivity contribution in [1.29, 1.82) is 0 Å². The summed E-state index contributed by atoms with van der Waals surface area (Å²) in [5.74, 6) is -1.51. The summed E-state index contributed by atoms with van der Waals surface area (Å²) in [5.41, 5.74) is -0.683. The molecule has 1 unspecified atom stereocenters. The molecule has 0 amide bonds. The second-order valence-corrected chi connectivity index (χ2v) is 12.0. The van der Waals surface area contributed by atoms with E-state index in [-0.39, 0.29) is 42.5 Å². The summed E-state index contributed by atoms with van der Waals surface area (Å²) in [7, 11) is -2.34. The van der Waals surface area contributed by atoms with Crippen LogP contribution in [0.25, 0.3) is 0 Å². The molecule has 3 aliphatic rings. The van der Waals surface area contributed by atoms with Gasteiger partial charge in [-0.05, 0) is 50.3 Å². The molecule has 2 aromatic carbocycles. The van der Waals surface area contributed by atoms with Gasteiger partial charge >= 0.3 is 0 Å². The average molecular weight is 522 g/mol. The van der Waals surface area contributed by atoms with Crippen molar-refractivity contribution < 1.29 is 32.1 Å². The summed E-state index contributed by atoms with van der Waals surface area (Å²) in [4.78, 5) is 0. The quantitative estimate of drug-likeness (QED) is 0.627. The zero-order valence-corrected chi connectivity index (χ0v) is 20.8. The second kappa shape index (κ2) is 9.05. The molecule has 2 aliphatic heterocycles. The number of hydrogen-bond donors (Lipinski definition) is 2. The summed E-state index contributed by atoms with van der Waals surface area (Å²) in [6.07, 6.45) is -0.959. The van der Waals surface area contributed by atoms with Crippen molar-refractivity contribution in [3.8, 4) is 0 Å². The van der Waals surface area contributed by atoms with Gasteiger partial charge in [0.15, 0.2) is 0 Å². The Morgan fingerprint density at radius 1 is 1.11 bits per heavy atom. The van der Waals surface area contributed by atoms with Gasteiger partial charge in [-0.2, -0.15) is 4.31 Å². The maximum Gasteiger partial charge on any atom is 0.297 e. The Kier molecular flexibility index (Phi) is 6.30. The highest BCUT2D eigenvalue weighted by Gasteiger charge is 2.54. The molecule has 1 aliphatic carbocycles. The molecule has 0 aromatic heterocycles. The number of hydrogen-bond acceptors (Lipinski definition) is 7. The fraction of sp³-hybridized carbons (Fsp3) is 0.480. The van der Waals surface area contributed by atoms with Gasteiger partial charge in [-0.25, -0.2) is 22.2 Å². The maximum atomic E-state index is 15.5. The number of hydrazone groups is 1. The third-order valence-corrected chi connectivity index (χ3v) is 9.91. The van der Waals surface area contributed by atoms with Crippen LogP contribution in [0.1, 0.15) is 54.5 Å². The minimum Gasteiger partial charge on any atom is -0.429 e. The van der Waals surface area contributed by atoms with Crippen LogP contribution in [-0.4, -0.2) is 59.5 Å². The monoisotopic (exact) mass is 521 g/mol. The standard InChI is InChI=1S/C25H29F2N3O5S/c1-15-8-9-22(16-6-4-3-5-7-16)36(33,34)30(15)14-17-10-21(27)19(11-20(17)26)25(12-18(31)13-25)23-28-29(2)24(32)35-23/h3-7,10-11,15,18,22,24,31-32H,8-9,12-14H2,1-2H3/t15-,18?,22+,24?,25?/m0/s1. The molecule has 1 saturated heterocycles. The Morgan fingerprint density at radius 2 is 1.81 bits per heavy atom. The van der Waals surface area contributed by atoms with E-state index in [0.717, 1.165) is 17.1 Å². The minimum absolute atomic E-state index is 0.00628. The van der Waals surface area contributed by atoms with Gasteiger partial charge in [0.2, 0.25) is 15.9 Å². The van der Waals surface area contributed by atoms with Crippen LogP contribution >= 0.6 is 0 Å². The highest BCUT2D eigenvalue weighted by atomic mass is 32.2. The van der Waals surface area contributed by atoms with Gasteiger partial charge in [0.25, 0.3) is 6.41 Å². The molecule has 3 atom stereocenters. The van der Waals surface area contributed by atoms with Crippen LogP contribution in [-0.2, 0) is 26.7 Å². The van der Waals surface area contributed by atoms with E-state index < -0.39 is 44.8 Å². The number of sulfonamides is 1. The Morgan fingerprint density at radius 3 is 2.42 bits per heavy atom. The van der Waals surface area contributed by atoms with Gasteiger partial charge < -0.3 is 14.9 Å². The number of nitrogens with zero attached hydrogens (tertiary/aromatic N) is 3. The van der Waals surface area contributed by atoms with Crippen molar-refractivity contribution in [3.05, 3.63) is 70.8 Å². The van der Waals surface area contributed by atoms with E-state index in [4.69, 9.17) is 4.74 Å². The molecule has 0 bridgehead atoms. The maximum absolute atomic E-state index is 15.5. The largest absolute Gasteiger partial charge is 0.429 e. The topological polar surface area (TPSA) is 103 Å². The number of aliphatic hydroxyl groups excluding tert-OH is 2. The first kappa shape index (κ1) is 25.1. The van der Waals surface area contributed by atoms with Crippen molar-refractivity contribution >= 4 is 15.9 Å². The van der Waals surface area contributed by atoms with Crippen LogP contribution in [0.5, 0.6) is 0 Å². The molecule has 0 radical (unpaired) electrons. The summed E-state index contributed by atoms with van der Waals surface area (Å²) >= 11 is 0. The lowest BCUT2D eigenvalue weighted by Crippen LogP contribution is -2.51. The average Bonchev–Trinajstić information content (AvgIpc) is 3.15. The number of rotatable bonds is 5. The van der Waals surface area contributed by atoms with Crippen LogP contribution in [0.4, 0.5) is 8.78 Å². The molecule has 194 valence electrons. The number of benzene rings is 2. The lowest BCUT2D eigenvalue weighted by atomic mass is 9.62. The molecular formula is C25H29F2N3O5S. The van der Waals surface area contributed by atoms with Crippen LogP contribution in [0, 0.1) is 11.6 Å². The molecule has 2 N–H and O–H groups in total. The Bertz CT molecular complexity index is 1280. The van der Waals surface area contributed by atoms with Gasteiger partial charge in [-0.1, -0.05) is 30.3 Å². The van der Waals surface area contributed by atoms with Gasteiger partial charge in [-0.15, -0.1) is 5.10 Å². The van der Waals surface area contributed by atoms with Gasteiger partial charge in [0.05, 0.1) is 11.5 Å². The minimum atomic E-state index is -3.82. The third-order valence-electron chi connectivity index (χ3n) is 7.54. The molecular weight excluding hydrogens is 492 g/mol. The predicted molar refractivity (Wildman–Crippen MR) is 128 cm³/mol. The fourth-order valence-corrected chi connectivity index (χ4v) is 7.64. The number of aliphatic hydroxyl groups is 2. The molecule has 1 saturated carbocycles. The summed E-state index contributed by atoms with van der Waals surface area (Å²) in [6, 6.07) is 10.6. The highest BCUT2D eigenvalue weighted by Crippen LogP contribution is 2.48. The van der Waals surface area contributed by atoms with E-state index in [1.54, 1.807) is 31.2 Å². The van der Waals surface area contributed by atoms with Crippen molar-refractivity contribution in [2.45, 2.75) is 68.4 Å². The molecule has 8 nitrogen and oxygen atoms in total. The fourth-order valence-electron chi connectivity index (χ4n) is 5.45. The van der Waals surface area contributed by atoms with E-state index in [1.165, 1.54) is 11.4 Å². The van der Waals surface area contributed by atoms with E-state index in [1.807, 2.05) is 6.07 Å². The van der Waals surface area contributed by atoms with Crippen molar-refractivity contribution in [3.63, 3.8) is 0 Å². The predicted octanol–water partition coefficient (Wildman–Crippen LogP) is 2.96. The molecule has 2 fully saturated rings. The van der Waals surface area contributed by atoms with Crippen molar-refractivity contribution in [1.82, 2.24) is 9.31 Å². The van der Waals surface area contributed by atoms with E-state index in [9.17, 15) is 18.6 Å². The second-order valence-electron chi connectivity index (χ2n) is 9.91. The van der Waals surface area contributed by atoms with Gasteiger partial charge in [0, 0.05) is 30.8 Å². The van der Waals surface area contributed by atoms with Crippen molar-refractivity contribution in [2.24, 2.45) is 5.10 Å². The third kappa shape index (κ3) is 4.07. The Hall–Kier alpha value is -2.60. The normalized spacial score (nSPS) is 32.1. The van der Waals surface area contributed by atoms with Gasteiger partial charge in [0.1, 0.15) is 16.9 Å². The van der Waals surface area contributed by atoms with Crippen LogP contribution < -0.4 is 0 Å². The molecule has 2 aromatic rings. The summed E-state index contributed by atoms with van der Waals surface area (Å²) in [6.45, 7) is 1.47. The van der Waals surface area contributed by atoms with E-state index in [0.29, 0.717) is 18.4 Å². The highest BCUT2D eigenvalue weighted by molar-refractivity contribution is 7.89. The number of ether oxygens (including phenoxy) is 1. The molecule has 0 spiro atoms. The lowest BCUT2D eigenvalue weighted by molar-refractivity contribution is -0.113. The molecule has 36 heavy (non-hydrogen) atoms. The lowest BCUT2D eigenvalue weighted by Gasteiger charge is -2.44. The number of halogens is 2. The zero-order chi connectivity index (χ0) is 25.8. The molecule has 5 rings (SSSR count). The first-order chi connectivity index (χ1) is 17.0. The summed E-state index contributed by atoms with van der Waals surface area (Å²) < 4.78 is 64.5. The SMILES string of the molecule is C[C@H]1CC[C@H](c2ccccc2)S(=O)(=O)N1Cc1cc(F)c(C2(C3=NN(C)C(O)O3)CC(O)C2)cc1F. The van der Waals surface area contributed by atoms with Crippen LogP contribution in [0.3, 0.4) is 0 Å². The Balaban J connectivity index is 1.46. The van der Waals surface area contributed by atoms with Gasteiger partial charge in [-0.3, -0.25) is 0 Å². The van der Waals surface area contributed by atoms with Crippen LogP contribution in [0.2, 0.25) is 0 Å². The van der Waals surface area contributed by atoms with Crippen LogP contribution in [0.15, 0.2) is 47.6 Å². The summed E-state index contributed by atoms with van der Waals surface area (Å²) in [5, 5.41) is 24.4. The van der Waals surface area contributed by atoms with Crippen molar-refractivity contribution in [2.75, 3.05) is 7.05 Å². The Labute approximate surface area is 208 Å². The smallest absolute Gasteiger partial charge is 0.297 e. The molecule has 2 heterocycles. The van der Waals surface area contributed by atoms with E-state index in [2.05, 4.69) is 5.10 Å². The first-order valence-corrected chi connectivity index (χ1v) is 13.4.